The number of hydrogen-bond acceptors (Lipinski definition) is 3. The summed E-state index contributed by atoms with van der Waals surface area (Å²) in [5.41, 5.74) is 5.81. The van der Waals surface area contributed by atoms with Crippen LogP contribution < -0.4 is 5.73 Å². The number of benzene rings is 1. The van der Waals surface area contributed by atoms with Gasteiger partial charge in [0.25, 0.3) is 5.91 Å². The molecule has 0 aliphatic rings. The maximum absolute atomic E-state index is 13.0. The van der Waals surface area contributed by atoms with Gasteiger partial charge in [-0.3, -0.25) is 4.79 Å². The molecule has 0 radical (unpaired) electrons. The van der Waals surface area contributed by atoms with Gasteiger partial charge < -0.3 is 15.4 Å². The molecule has 1 aromatic carbocycles. The Morgan fingerprint density at radius 1 is 1.53 bits per heavy atom. The second-order valence-corrected chi connectivity index (χ2v) is 3.61. The molecule has 1 rings (SSSR count). The minimum Gasteiger partial charge on any atom is -0.396 e. The van der Waals surface area contributed by atoms with Crippen LogP contribution in [0.2, 0.25) is 0 Å². The number of carbonyl (C=O) groups is 1. The van der Waals surface area contributed by atoms with E-state index in [0.29, 0.717) is 25.3 Å². The average molecular weight is 240 g/mol. The molecule has 0 spiro atoms. The highest BCUT2D eigenvalue weighted by atomic mass is 19.1. The molecule has 0 unspecified atom stereocenters. The van der Waals surface area contributed by atoms with Crippen molar-refractivity contribution in [2.75, 3.05) is 32.5 Å². The SMILES string of the molecule is CCN(CCOC)C(=O)c1ccc(F)c(N)c1. The molecule has 17 heavy (non-hydrogen) atoms. The van der Waals surface area contributed by atoms with Crippen LogP contribution in [0.25, 0.3) is 0 Å². The fourth-order valence-corrected chi connectivity index (χ4v) is 1.46. The van der Waals surface area contributed by atoms with Crippen molar-refractivity contribution in [3.8, 4) is 0 Å². The van der Waals surface area contributed by atoms with Crippen molar-refractivity contribution in [3.63, 3.8) is 0 Å². The van der Waals surface area contributed by atoms with E-state index in [9.17, 15) is 9.18 Å². The summed E-state index contributed by atoms with van der Waals surface area (Å²) >= 11 is 0. The summed E-state index contributed by atoms with van der Waals surface area (Å²) < 4.78 is 17.9. The molecular weight excluding hydrogens is 223 g/mol. The van der Waals surface area contributed by atoms with Gasteiger partial charge in [-0.1, -0.05) is 0 Å². The van der Waals surface area contributed by atoms with Gasteiger partial charge in [0.1, 0.15) is 5.82 Å². The molecular formula is C12H17FN2O2. The van der Waals surface area contributed by atoms with Gasteiger partial charge in [0.2, 0.25) is 0 Å². The molecule has 0 heterocycles. The van der Waals surface area contributed by atoms with Crippen LogP contribution >= 0.6 is 0 Å². The maximum Gasteiger partial charge on any atom is 0.254 e. The van der Waals surface area contributed by atoms with Crippen LogP contribution in [0.15, 0.2) is 18.2 Å². The molecule has 0 saturated heterocycles. The topological polar surface area (TPSA) is 55.6 Å². The number of amides is 1. The van der Waals surface area contributed by atoms with E-state index in [2.05, 4.69) is 0 Å². The average Bonchev–Trinajstić information content (AvgIpc) is 2.33. The first kappa shape index (κ1) is 13.4. The minimum absolute atomic E-state index is 0.0151. The zero-order chi connectivity index (χ0) is 12.8. The van der Waals surface area contributed by atoms with Crippen molar-refractivity contribution in [3.05, 3.63) is 29.6 Å². The lowest BCUT2D eigenvalue weighted by atomic mass is 10.1. The van der Waals surface area contributed by atoms with Crippen LogP contribution in [0.5, 0.6) is 0 Å². The molecule has 0 aliphatic heterocycles. The van der Waals surface area contributed by atoms with Crippen molar-refractivity contribution in [2.24, 2.45) is 0 Å². The molecule has 0 bridgehead atoms. The molecule has 0 aromatic heterocycles. The lowest BCUT2D eigenvalue weighted by Gasteiger charge is -2.20. The van der Waals surface area contributed by atoms with Gasteiger partial charge in [0, 0.05) is 25.8 Å². The minimum atomic E-state index is -0.513. The fraction of sp³-hybridized carbons (Fsp3) is 0.417. The second-order valence-electron chi connectivity index (χ2n) is 3.61. The zero-order valence-electron chi connectivity index (χ0n) is 10.1. The molecule has 0 atom stereocenters. The molecule has 0 saturated carbocycles. The number of carbonyl (C=O) groups excluding carboxylic acids is 1. The van der Waals surface area contributed by atoms with Crippen molar-refractivity contribution < 1.29 is 13.9 Å². The number of ether oxygens (including phenoxy) is 1. The lowest BCUT2D eigenvalue weighted by Crippen LogP contribution is -2.33. The van der Waals surface area contributed by atoms with Crippen LogP contribution in [0, 0.1) is 5.82 Å². The summed E-state index contributed by atoms with van der Waals surface area (Å²) in [7, 11) is 1.58. The van der Waals surface area contributed by atoms with Crippen LogP contribution in [0.4, 0.5) is 10.1 Å². The third-order valence-corrected chi connectivity index (χ3v) is 2.48. The summed E-state index contributed by atoms with van der Waals surface area (Å²) in [4.78, 5) is 13.7. The number of nitrogens with two attached hydrogens (primary N) is 1. The van der Waals surface area contributed by atoms with E-state index in [1.807, 2.05) is 6.92 Å². The normalized spacial score (nSPS) is 10.3. The van der Waals surface area contributed by atoms with Gasteiger partial charge in [-0.05, 0) is 25.1 Å². The van der Waals surface area contributed by atoms with E-state index in [0.717, 1.165) is 0 Å². The molecule has 1 amide bonds. The summed E-state index contributed by atoms with van der Waals surface area (Å²) in [5, 5.41) is 0. The van der Waals surface area contributed by atoms with Crippen LogP contribution in [0.3, 0.4) is 0 Å². The maximum atomic E-state index is 13.0. The number of nitrogen functional groups attached to an aromatic ring is 1. The first-order chi connectivity index (χ1) is 8.10. The Kier molecular flexibility index (Phi) is 4.90. The summed E-state index contributed by atoms with van der Waals surface area (Å²) in [5.74, 6) is -0.683. The third kappa shape index (κ3) is 3.42. The molecule has 1 aromatic rings. The summed E-state index contributed by atoms with van der Waals surface area (Å²) in [6.45, 7) is 3.42. The Morgan fingerprint density at radius 3 is 2.76 bits per heavy atom. The highest BCUT2D eigenvalue weighted by molar-refractivity contribution is 5.95. The molecule has 5 heteroatoms. The number of halogens is 1. The highest BCUT2D eigenvalue weighted by Crippen LogP contribution is 2.14. The monoisotopic (exact) mass is 240 g/mol. The van der Waals surface area contributed by atoms with Gasteiger partial charge in [-0.25, -0.2) is 4.39 Å². The molecule has 0 fully saturated rings. The molecule has 4 nitrogen and oxygen atoms in total. The summed E-state index contributed by atoms with van der Waals surface area (Å²) in [6.07, 6.45) is 0. The van der Waals surface area contributed by atoms with E-state index in [1.165, 1.54) is 18.2 Å². The smallest absolute Gasteiger partial charge is 0.254 e. The standard InChI is InChI=1S/C12H17FN2O2/c1-3-15(6-7-17-2)12(16)9-4-5-10(13)11(14)8-9/h4-5,8H,3,6-7,14H2,1-2H3. The lowest BCUT2D eigenvalue weighted by molar-refractivity contribution is 0.0706. The molecule has 0 aliphatic carbocycles. The number of hydrogen-bond donors (Lipinski definition) is 1. The predicted octanol–water partition coefficient (Wildman–Crippen LogP) is 1.52. The Balaban J connectivity index is 2.82. The second kappa shape index (κ2) is 6.20. The zero-order valence-corrected chi connectivity index (χ0v) is 10.1. The van der Waals surface area contributed by atoms with Gasteiger partial charge >= 0.3 is 0 Å². The number of nitrogens with zero attached hydrogens (tertiary/aromatic N) is 1. The highest BCUT2D eigenvalue weighted by Gasteiger charge is 2.14. The summed E-state index contributed by atoms with van der Waals surface area (Å²) in [6, 6.07) is 3.99. The fourth-order valence-electron chi connectivity index (χ4n) is 1.46. The Hall–Kier alpha value is -1.62. The first-order valence-corrected chi connectivity index (χ1v) is 5.43. The number of anilines is 1. The van der Waals surface area contributed by atoms with Gasteiger partial charge in [0.05, 0.1) is 12.3 Å². The van der Waals surface area contributed by atoms with Crippen LogP contribution in [0.1, 0.15) is 17.3 Å². The first-order valence-electron chi connectivity index (χ1n) is 5.43. The van der Waals surface area contributed by atoms with Gasteiger partial charge in [-0.15, -0.1) is 0 Å². The van der Waals surface area contributed by atoms with Crippen LogP contribution in [-0.4, -0.2) is 37.6 Å². The third-order valence-electron chi connectivity index (χ3n) is 2.48. The largest absolute Gasteiger partial charge is 0.396 e. The van der Waals surface area contributed by atoms with Gasteiger partial charge in [0.15, 0.2) is 0 Å². The van der Waals surface area contributed by atoms with E-state index in [1.54, 1.807) is 12.0 Å². The quantitative estimate of drug-likeness (QED) is 0.794. The van der Waals surface area contributed by atoms with Crippen molar-refractivity contribution in [1.29, 1.82) is 0 Å². The molecule has 2 N–H and O–H groups in total. The number of methoxy groups -OCH3 is 1. The van der Waals surface area contributed by atoms with Crippen molar-refractivity contribution in [2.45, 2.75) is 6.92 Å². The van der Waals surface area contributed by atoms with Crippen molar-refractivity contribution >= 4 is 11.6 Å². The Bertz CT molecular complexity index is 396. The van der Waals surface area contributed by atoms with Crippen molar-refractivity contribution in [1.82, 2.24) is 4.90 Å². The Labute approximate surface area is 100 Å². The van der Waals surface area contributed by atoms with E-state index in [4.69, 9.17) is 10.5 Å². The number of rotatable bonds is 5. The number of likely N-dealkylation sites (N-methyl/N-ethyl adjacent to an activating group) is 1. The van der Waals surface area contributed by atoms with E-state index >= 15 is 0 Å². The Morgan fingerprint density at radius 2 is 2.24 bits per heavy atom. The predicted molar refractivity (Wildman–Crippen MR) is 64.3 cm³/mol. The van der Waals surface area contributed by atoms with Crippen LogP contribution in [-0.2, 0) is 4.74 Å². The van der Waals surface area contributed by atoms with E-state index < -0.39 is 5.82 Å². The molecule has 94 valence electrons. The van der Waals surface area contributed by atoms with Gasteiger partial charge in [-0.2, -0.15) is 0 Å². The van der Waals surface area contributed by atoms with E-state index in [-0.39, 0.29) is 11.6 Å².